The molecule has 12 bridgehead atoms. The third-order valence-electron chi connectivity index (χ3n) is 13.3. The second-order valence-electron chi connectivity index (χ2n) is 17.5. The lowest BCUT2D eigenvalue weighted by molar-refractivity contribution is -0.405. The Morgan fingerprint density at radius 3 is 0.754 bits per heavy atom. The molecule has 22 rings (SSSR count). The Balaban J connectivity index is 1.22. The largest absolute Gasteiger partial charge is 0.394 e. The monoisotopic (exact) mass is 1010 g/mol. The summed E-state index contributed by atoms with van der Waals surface area (Å²) in [6.45, 7) is -4.18. The number of ether oxygens (including phenoxy) is 14. The van der Waals surface area contributed by atoms with Crippen LogP contribution in [0.4, 0.5) is 0 Å². The zero-order valence-electron chi connectivity index (χ0n) is 37.1. The average molecular weight is 1010 g/mol. The van der Waals surface area contributed by atoms with Gasteiger partial charge in [-0.3, -0.25) is 0 Å². The minimum Gasteiger partial charge on any atom is -0.394 e. The standard InChI is InChI=1S/C39H66O30/c1-3-57-33-25(55)39-63-15(9-45)31(33)69-38-24(54)32(56-2)30(14(8-44)62-38)68-37-23(53)19(49)28(12(6-42)61-37)66-35-21(51)17(47)26(10(4-40)59-35)64-34-20(50)16(46)27(11(5-41)58-34)65-36-22(52)18(48)29(67-39)13(7-43)60-36/h10-55H,3-9H2,1-2H3/t10-,11-,12-,13-,14-,15-,16-,17-,18-,19-,20-,21-,22-,23-,24-,25-,26-,27-,28-,29-,30+,31+,32-,33-,34-,35-,36-,37-,38-,39-/m1/s1. The lowest BCUT2D eigenvalue weighted by Gasteiger charge is -2.51. The van der Waals surface area contributed by atoms with Crippen LogP contribution in [0.5, 0.6) is 0 Å². The van der Waals surface area contributed by atoms with Gasteiger partial charge in [0.15, 0.2) is 37.7 Å². The second-order valence-corrected chi connectivity index (χ2v) is 17.5. The summed E-state index contributed by atoms with van der Waals surface area (Å²) < 4.78 is 81.2. The van der Waals surface area contributed by atoms with Gasteiger partial charge in [0.05, 0.1) is 39.6 Å². The van der Waals surface area contributed by atoms with Gasteiger partial charge in [0, 0.05) is 13.7 Å². The van der Waals surface area contributed by atoms with Gasteiger partial charge in [-0.1, -0.05) is 0 Å². The van der Waals surface area contributed by atoms with Crippen molar-refractivity contribution in [1.29, 1.82) is 0 Å². The Kier molecular flexibility index (Phi) is 19.3. The van der Waals surface area contributed by atoms with Crippen LogP contribution in [0.1, 0.15) is 6.92 Å². The quantitative estimate of drug-likeness (QED) is 0.102. The predicted molar refractivity (Wildman–Crippen MR) is 210 cm³/mol. The highest BCUT2D eigenvalue weighted by molar-refractivity contribution is 5.01. The van der Waals surface area contributed by atoms with Crippen LogP contribution in [0.15, 0.2) is 0 Å². The van der Waals surface area contributed by atoms with E-state index in [1.807, 2.05) is 0 Å². The molecule has 0 radical (unpaired) electrons. The van der Waals surface area contributed by atoms with Gasteiger partial charge in [0.2, 0.25) is 0 Å². The molecule has 22 aliphatic rings. The fourth-order valence-electron chi connectivity index (χ4n) is 9.55. The van der Waals surface area contributed by atoms with E-state index in [4.69, 9.17) is 66.3 Å². The number of methoxy groups -OCH3 is 1. The molecule has 402 valence electrons. The van der Waals surface area contributed by atoms with E-state index in [-0.39, 0.29) is 6.61 Å². The topological polar surface area (TPSA) is 453 Å². The summed E-state index contributed by atoms with van der Waals surface area (Å²) in [6, 6.07) is 0. The van der Waals surface area contributed by atoms with Crippen molar-refractivity contribution in [2.75, 3.05) is 53.4 Å². The van der Waals surface area contributed by atoms with Crippen molar-refractivity contribution in [2.24, 2.45) is 0 Å². The first-order valence-corrected chi connectivity index (χ1v) is 22.5. The Bertz CT molecular complexity index is 1570. The molecule has 30 heteroatoms. The molecule has 0 aromatic carbocycles. The molecule has 0 saturated carbocycles. The van der Waals surface area contributed by atoms with Crippen molar-refractivity contribution in [3.63, 3.8) is 0 Å². The Hall–Kier alpha value is -1.20. The molecule has 69 heavy (non-hydrogen) atoms. The number of hydrogen-bond acceptors (Lipinski definition) is 30. The van der Waals surface area contributed by atoms with E-state index in [2.05, 4.69) is 0 Å². The average Bonchev–Trinajstić information content (AvgIpc) is 3.34. The van der Waals surface area contributed by atoms with Gasteiger partial charge in [0.25, 0.3) is 0 Å². The molecule has 30 atom stereocenters. The fraction of sp³-hybridized carbons (Fsp3) is 1.00. The Morgan fingerprint density at radius 2 is 0.507 bits per heavy atom. The van der Waals surface area contributed by atoms with Gasteiger partial charge in [-0.25, -0.2) is 0 Å². The van der Waals surface area contributed by atoms with Gasteiger partial charge < -0.3 is 148 Å². The highest BCUT2D eigenvalue weighted by atomic mass is 16.8. The Labute approximate surface area is 392 Å². The number of aliphatic hydroxyl groups excluding tert-OH is 16. The highest BCUT2D eigenvalue weighted by Gasteiger charge is 2.59. The van der Waals surface area contributed by atoms with E-state index in [1.165, 1.54) is 0 Å². The van der Waals surface area contributed by atoms with Gasteiger partial charge in [-0.05, 0) is 6.92 Å². The molecule has 30 nitrogen and oxygen atoms in total. The molecular weight excluding hydrogens is 948 g/mol. The lowest BCUT2D eigenvalue weighted by atomic mass is 9.94. The molecule has 22 fully saturated rings. The first kappa shape index (κ1) is 55.5. The summed E-state index contributed by atoms with van der Waals surface area (Å²) in [7, 11) is 1.14. The first-order chi connectivity index (χ1) is 33.0. The molecule has 0 aromatic rings. The molecule has 0 amide bonds. The maximum absolute atomic E-state index is 11.6. The lowest BCUT2D eigenvalue weighted by Crippen LogP contribution is -2.69. The fourth-order valence-corrected chi connectivity index (χ4v) is 9.55. The van der Waals surface area contributed by atoms with E-state index in [0.717, 1.165) is 7.11 Å². The van der Waals surface area contributed by atoms with Gasteiger partial charge in [-0.15, -0.1) is 0 Å². The molecular formula is C39H66O30. The van der Waals surface area contributed by atoms with Gasteiger partial charge in [0.1, 0.15) is 146 Å². The van der Waals surface area contributed by atoms with Gasteiger partial charge >= 0.3 is 0 Å². The molecule has 22 aliphatic heterocycles. The molecule has 22 saturated heterocycles. The third-order valence-corrected chi connectivity index (χ3v) is 13.3. The van der Waals surface area contributed by atoms with Crippen molar-refractivity contribution in [3.8, 4) is 0 Å². The van der Waals surface area contributed by atoms with Crippen LogP contribution < -0.4 is 0 Å². The van der Waals surface area contributed by atoms with Crippen LogP contribution >= 0.6 is 0 Å². The van der Waals surface area contributed by atoms with Crippen molar-refractivity contribution in [1.82, 2.24) is 0 Å². The summed E-state index contributed by atoms with van der Waals surface area (Å²) in [4.78, 5) is 0. The van der Waals surface area contributed by atoms with Crippen LogP contribution in [0.25, 0.3) is 0 Å². The van der Waals surface area contributed by atoms with E-state index in [0.29, 0.717) is 0 Å². The summed E-state index contributed by atoms with van der Waals surface area (Å²) in [5.74, 6) is 0. The maximum atomic E-state index is 11.6. The van der Waals surface area contributed by atoms with Crippen molar-refractivity contribution < 1.29 is 148 Å². The summed E-state index contributed by atoms with van der Waals surface area (Å²) in [5.41, 5.74) is 0. The van der Waals surface area contributed by atoms with Crippen LogP contribution in [0.2, 0.25) is 0 Å². The van der Waals surface area contributed by atoms with E-state index in [9.17, 15) is 81.7 Å². The van der Waals surface area contributed by atoms with Crippen molar-refractivity contribution in [2.45, 2.75) is 191 Å². The highest BCUT2D eigenvalue weighted by Crippen LogP contribution is 2.38. The molecule has 22 heterocycles. The van der Waals surface area contributed by atoms with Gasteiger partial charge in [-0.2, -0.15) is 0 Å². The van der Waals surface area contributed by atoms with Crippen molar-refractivity contribution in [3.05, 3.63) is 0 Å². The second kappa shape index (κ2) is 24.0. The summed E-state index contributed by atoms with van der Waals surface area (Å²) >= 11 is 0. The molecule has 0 aromatic heterocycles. The van der Waals surface area contributed by atoms with Crippen LogP contribution in [0.3, 0.4) is 0 Å². The molecule has 0 unspecified atom stereocenters. The SMILES string of the molecule is CCO[C@@H]1[C@@H](O)[C@H]2O[C@H]3[C@H](O)[C@@H](O)[C@@H](O[C@H]4[C@H](O)[C@@H](O)[C@@H](O[C@H]5[C@H](O)[C@@H](O)[C@@H](O[C@H]6[C@H](O)[C@@H](O)[C@@H](O[C@@H]7[C@H](OC)[C@@H](O)[C@@H](O[C@H]1[C@@H](CO)O2)O[C@@H]7CO)O[C@@H]6CO)O[C@@H]5CO)O[C@@H]4CO)O[C@@H]3CO. The molecule has 16 N–H and O–H groups in total. The summed E-state index contributed by atoms with van der Waals surface area (Å²) in [5, 5.41) is 176. The zero-order chi connectivity index (χ0) is 50.2. The van der Waals surface area contributed by atoms with Crippen LogP contribution in [-0.2, 0) is 66.3 Å². The van der Waals surface area contributed by atoms with E-state index in [1.54, 1.807) is 6.92 Å². The summed E-state index contributed by atoms with van der Waals surface area (Å²) in [6.07, 6.45) is -54.7. The third kappa shape index (κ3) is 11.0. The number of hydrogen-bond donors (Lipinski definition) is 16. The molecule has 0 aliphatic carbocycles. The number of aliphatic hydroxyl groups is 16. The first-order valence-electron chi connectivity index (χ1n) is 22.5. The van der Waals surface area contributed by atoms with Crippen LogP contribution in [0, 0.1) is 0 Å². The van der Waals surface area contributed by atoms with E-state index < -0.39 is 224 Å². The predicted octanol–water partition coefficient (Wildman–Crippen LogP) is -11.4. The zero-order valence-corrected chi connectivity index (χ0v) is 37.1. The van der Waals surface area contributed by atoms with E-state index >= 15 is 0 Å². The number of rotatable bonds is 9. The minimum atomic E-state index is -2.13. The van der Waals surface area contributed by atoms with Crippen LogP contribution in [-0.4, -0.2) is 319 Å². The normalized spacial score (nSPS) is 53.5. The maximum Gasteiger partial charge on any atom is 0.187 e. The Morgan fingerprint density at radius 1 is 0.290 bits per heavy atom. The van der Waals surface area contributed by atoms with Crippen molar-refractivity contribution >= 4 is 0 Å². The molecule has 0 spiro atoms. The minimum absolute atomic E-state index is 0.105. The smallest absolute Gasteiger partial charge is 0.187 e.